The molecular formula is C14H17ClN4O2. The molecule has 0 radical (unpaired) electrons. The number of anilines is 1. The summed E-state index contributed by atoms with van der Waals surface area (Å²) in [5, 5.41) is 4.47. The van der Waals surface area contributed by atoms with Gasteiger partial charge >= 0.3 is 6.09 Å². The lowest BCUT2D eigenvalue weighted by Crippen LogP contribution is -2.27. The van der Waals surface area contributed by atoms with E-state index in [9.17, 15) is 4.79 Å². The number of nitrogens with zero attached hydrogens (tertiary/aromatic N) is 3. The van der Waals surface area contributed by atoms with Gasteiger partial charge in [-0.3, -0.25) is 0 Å². The van der Waals surface area contributed by atoms with Crippen molar-refractivity contribution in [2.75, 3.05) is 5.73 Å². The summed E-state index contributed by atoms with van der Waals surface area (Å²) in [7, 11) is 0. The van der Waals surface area contributed by atoms with Crippen LogP contribution in [0.5, 0.6) is 0 Å². The van der Waals surface area contributed by atoms with Gasteiger partial charge in [0.25, 0.3) is 0 Å². The van der Waals surface area contributed by atoms with Crippen molar-refractivity contribution in [2.24, 2.45) is 0 Å². The smallest absolute Gasteiger partial charge is 0.435 e. The van der Waals surface area contributed by atoms with Gasteiger partial charge in [0, 0.05) is 11.8 Å². The number of aromatic nitrogens is 3. The number of carbonyl (C=O) groups excluding carboxylic acids is 1. The van der Waals surface area contributed by atoms with Crippen LogP contribution in [0.4, 0.5) is 10.5 Å². The molecule has 2 heterocycles. The van der Waals surface area contributed by atoms with Crippen molar-refractivity contribution >= 4 is 23.4 Å². The van der Waals surface area contributed by atoms with Crippen LogP contribution in [0, 0.1) is 6.92 Å². The summed E-state index contributed by atoms with van der Waals surface area (Å²) in [6.45, 7) is 7.13. The fourth-order valence-corrected chi connectivity index (χ4v) is 1.90. The van der Waals surface area contributed by atoms with Gasteiger partial charge < -0.3 is 10.5 Å². The van der Waals surface area contributed by atoms with Crippen molar-refractivity contribution in [3.63, 3.8) is 0 Å². The average Bonchev–Trinajstić information content (AvgIpc) is 2.72. The number of pyridine rings is 1. The second-order valence-electron chi connectivity index (χ2n) is 5.62. The number of hydrogen-bond donors (Lipinski definition) is 1. The summed E-state index contributed by atoms with van der Waals surface area (Å²) in [5.41, 5.74) is 7.52. The Morgan fingerprint density at radius 2 is 2.05 bits per heavy atom. The maximum Gasteiger partial charge on any atom is 0.435 e. The van der Waals surface area contributed by atoms with E-state index in [4.69, 9.17) is 22.1 Å². The van der Waals surface area contributed by atoms with Gasteiger partial charge in [0.05, 0.1) is 17.1 Å². The van der Waals surface area contributed by atoms with Crippen LogP contribution in [0.15, 0.2) is 18.3 Å². The van der Waals surface area contributed by atoms with E-state index < -0.39 is 11.7 Å². The molecule has 2 rings (SSSR count). The fourth-order valence-electron chi connectivity index (χ4n) is 1.76. The Morgan fingerprint density at radius 3 is 2.67 bits per heavy atom. The van der Waals surface area contributed by atoms with Crippen LogP contribution in [-0.4, -0.2) is 26.5 Å². The molecule has 0 aromatic carbocycles. The molecule has 2 aromatic rings. The molecule has 0 aliphatic rings. The lowest BCUT2D eigenvalue weighted by molar-refractivity contribution is 0.0514. The van der Waals surface area contributed by atoms with Crippen LogP contribution in [0.3, 0.4) is 0 Å². The first-order valence-electron chi connectivity index (χ1n) is 6.39. The summed E-state index contributed by atoms with van der Waals surface area (Å²) < 4.78 is 6.40. The van der Waals surface area contributed by atoms with E-state index in [1.54, 1.807) is 46.0 Å². The van der Waals surface area contributed by atoms with Gasteiger partial charge in [-0.2, -0.15) is 9.78 Å². The molecular weight excluding hydrogens is 292 g/mol. The lowest BCUT2D eigenvalue weighted by atomic mass is 10.1. The number of aryl methyl sites for hydroxylation is 1. The summed E-state index contributed by atoms with van der Waals surface area (Å²) in [6, 6.07) is 3.27. The van der Waals surface area contributed by atoms with Crippen LogP contribution in [-0.2, 0) is 4.74 Å². The first kappa shape index (κ1) is 15.3. The molecule has 0 fully saturated rings. The van der Waals surface area contributed by atoms with Gasteiger partial charge in [-0.25, -0.2) is 9.78 Å². The Bertz CT molecular complexity index is 689. The normalized spacial score (nSPS) is 11.5. The first-order valence-corrected chi connectivity index (χ1v) is 6.77. The van der Waals surface area contributed by atoms with Crippen molar-refractivity contribution in [1.29, 1.82) is 0 Å². The summed E-state index contributed by atoms with van der Waals surface area (Å²) in [4.78, 5) is 16.2. The molecule has 0 aliphatic heterocycles. The van der Waals surface area contributed by atoms with E-state index in [-0.39, 0.29) is 0 Å². The van der Waals surface area contributed by atoms with Crippen LogP contribution in [0.1, 0.15) is 26.5 Å². The number of nitrogens with two attached hydrogens (primary N) is 1. The van der Waals surface area contributed by atoms with Gasteiger partial charge in [-0.05, 0) is 39.8 Å². The van der Waals surface area contributed by atoms with Gasteiger partial charge in [-0.1, -0.05) is 11.6 Å². The molecule has 7 heteroatoms. The summed E-state index contributed by atoms with van der Waals surface area (Å²) >= 11 is 5.89. The molecule has 0 saturated heterocycles. The highest BCUT2D eigenvalue weighted by Crippen LogP contribution is 2.27. The number of hydrogen-bond acceptors (Lipinski definition) is 5. The predicted molar refractivity (Wildman–Crippen MR) is 81.2 cm³/mol. The molecule has 112 valence electrons. The van der Waals surface area contributed by atoms with Crippen molar-refractivity contribution < 1.29 is 9.53 Å². The molecule has 0 spiro atoms. The number of rotatable bonds is 1. The summed E-state index contributed by atoms with van der Waals surface area (Å²) in [5.74, 6) is 0. The maximum atomic E-state index is 12.0. The standard InChI is InChI=1S/C14H17ClN4O2/c1-8-9(12-10(16)5-6-11(15)17-12)7-19(18-8)13(20)21-14(2,3)4/h5-7H,16H2,1-4H3. The number of halogens is 1. The molecule has 6 nitrogen and oxygen atoms in total. The highest BCUT2D eigenvalue weighted by Gasteiger charge is 2.21. The van der Waals surface area contributed by atoms with E-state index >= 15 is 0 Å². The quantitative estimate of drug-likeness (QED) is 0.817. The molecule has 2 aromatic heterocycles. The van der Waals surface area contributed by atoms with E-state index in [0.717, 1.165) is 4.68 Å². The SMILES string of the molecule is Cc1nn(C(=O)OC(C)(C)C)cc1-c1nc(Cl)ccc1N. The van der Waals surface area contributed by atoms with Crippen LogP contribution in [0.2, 0.25) is 5.15 Å². The topological polar surface area (TPSA) is 83.0 Å². The Morgan fingerprint density at radius 1 is 1.38 bits per heavy atom. The second kappa shape index (κ2) is 5.37. The third-order valence-corrected chi connectivity index (χ3v) is 2.84. The van der Waals surface area contributed by atoms with Crippen molar-refractivity contribution in [3.05, 3.63) is 29.2 Å². The Balaban J connectivity index is 2.40. The lowest BCUT2D eigenvalue weighted by Gasteiger charge is -2.18. The van der Waals surface area contributed by atoms with E-state index in [1.165, 1.54) is 0 Å². The predicted octanol–water partition coefficient (Wildman–Crippen LogP) is 3.27. The number of nitrogen functional groups attached to an aromatic ring is 1. The first-order chi connectivity index (χ1) is 9.67. The highest BCUT2D eigenvalue weighted by molar-refractivity contribution is 6.29. The average molecular weight is 309 g/mol. The minimum absolute atomic E-state index is 0.323. The summed E-state index contributed by atoms with van der Waals surface area (Å²) in [6.07, 6.45) is 0.982. The van der Waals surface area contributed by atoms with Crippen LogP contribution < -0.4 is 5.73 Å². The zero-order valence-corrected chi connectivity index (χ0v) is 13.1. The minimum atomic E-state index is -0.593. The monoisotopic (exact) mass is 308 g/mol. The highest BCUT2D eigenvalue weighted by atomic mass is 35.5. The van der Waals surface area contributed by atoms with Crippen molar-refractivity contribution in [2.45, 2.75) is 33.3 Å². The molecule has 0 bridgehead atoms. The van der Waals surface area contributed by atoms with Crippen LogP contribution in [0.25, 0.3) is 11.3 Å². The third kappa shape index (κ3) is 3.52. The molecule has 0 unspecified atom stereocenters. The fraction of sp³-hybridized carbons (Fsp3) is 0.357. The number of carbonyl (C=O) groups is 1. The van der Waals surface area contributed by atoms with Crippen LogP contribution >= 0.6 is 11.6 Å². The Labute approximate surface area is 127 Å². The largest absolute Gasteiger partial charge is 0.442 e. The van der Waals surface area contributed by atoms with E-state index in [0.29, 0.717) is 27.8 Å². The Hall–Kier alpha value is -2.08. The van der Waals surface area contributed by atoms with E-state index in [2.05, 4.69) is 10.1 Å². The van der Waals surface area contributed by atoms with Gasteiger partial charge in [0.1, 0.15) is 10.8 Å². The molecule has 0 atom stereocenters. The molecule has 2 N–H and O–H groups in total. The van der Waals surface area contributed by atoms with Gasteiger partial charge in [0.2, 0.25) is 0 Å². The zero-order chi connectivity index (χ0) is 15.8. The van der Waals surface area contributed by atoms with E-state index in [1.807, 2.05) is 0 Å². The molecule has 0 amide bonds. The zero-order valence-electron chi connectivity index (χ0n) is 12.3. The Kier molecular flexibility index (Phi) is 3.91. The maximum absolute atomic E-state index is 12.0. The minimum Gasteiger partial charge on any atom is -0.442 e. The molecule has 0 saturated carbocycles. The molecule has 0 aliphatic carbocycles. The third-order valence-electron chi connectivity index (χ3n) is 2.63. The van der Waals surface area contributed by atoms with Gasteiger partial charge in [-0.15, -0.1) is 0 Å². The number of ether oxygens (including phenoxy) is 1. The van der Waals surface area contributed by atoms with Crippen molar-refractivity contribution in [1.82, 2.24) is 14.8 Å². The van der Waals surface area contributed by atoms with Crippen molar-refractivity contribution in [3.8, 4) is 11.3 Å². The second-order valence-corrected chi connectivity index (χ2v) is 6.01. The van der Waals surface area contributed by atoms with Gasteiger partial charge in [0.15, 0.2) is 0 Å². The molecule has 21 heavy (non-hydrogen) atoms.